The molecule has 0 aliphatic rings. The Morgan fingerprint density at radius 2 is 1.83 bits per heavy atom. The third kappa shape index (κ3) is 4.90. The first-order valence-electron chi connectivity index (χ1n) is 10.6. The number of benzene rings is 2. The zero-order valence-electron chi connectivity index (χ0n) is 18.6. The summed E-state index contributed by atoms with van der Waals surface area (Å²) in [6.07, 6.45) is 1.53. The molecule has 5 rings (SSSR count). The van der Waals surface area contributed by atoms with Crippen LogP contribution in [0.3, 0.4) is 0 Å². The van der Waals surface area contributed by atoms with E-state index in [0.29, 0.717) is 33.1 Å². The second-order valence-corrected chi connectivity index (χ2v) is 8.30. The van der Waals surface area contributed by atoms with Crippen LogP contribution in [0.15, 0.2) is 82.8 Å². The van der Waals surface area contributed by atoms with Gasteiger partial charge in [0.05, 0.1) is 30.1 Å². The van der Waals surface area contributed by atoms with Crippen molar-refractivity contribution >= 4 is 39.2 Å². The summed E-state index contributed by atoms with van der Waals surface area (Å²) in [5.41, 5.74) is 3.03. The van der Waals surface area contributed by atoms with Crippen molar-refractivity contribution in [1.29, 1.82) is 0 Å². The van der Waals surface area contributed by atoms with E-state index in [9.17, 15) is 9.59 Å². The third-order valence-electron chi connectivity index (χ3n) is 5.18. The summed E-state index contributed by atoms with van der Waals surface area (Å²) in [4.78, 5) is 34.3. The maximum absolute atomic E-state index is 12.9. The standard InChI is InChI=1S/C26H19N3O5S/c1-32-17-10-8-16(9-11-17)22-15-35-26(28-22)29-24(30)14-34-25(31)19-13-21(23-7-4-12-33-23)27-20-6-3-2-5-18(19)20/h2-13,15H,14H2,1H3,(H,28,29,30). The van der Waals surface area contributed by atoms with Gasteiger partial charge in [-0.2, -0.15) is 0 Å². The van der Waals surface area contributed by atoms with Gasteiger partial charge >= 0.3 is 5.97 Å². The minimum absolute atomic E-state index is 0.297. The van der Waals surface area contributed by atoms with E-state index in [2.05, 4.69) is 15.3 Å². The molecule has 1 amide bonds. The minimum atomic E-state index is -0.635. The van der Waals surface area contributed by atoms with Crippen LogP contribution in [0.4, 0.5) is 5.13 Å². The van der Waals surface area contributed by atoms with Crippen molar-refractivity contribution in [2.45, 2.75) is 0 Å². The Labute approximate surface area is 204 Å². The van der Waals surface area contributed by atoms with E-state index in [0.717, 1.165) is 17.0 Å². The van der Waals surface area contributed by atoms with E-state index in [1.165, 1.54) is 17.6 Å². The highest BCUT2D eigenvalue weighted by Gasteiger charge is 2.18. The van der Waals surface area contributed by atoms with Gasteiger partial charge in [0.25, 0.3) is 5.91 Å². The lowest BCUT2D eigenvalue weighted by Gasteiger charge is -2.09. The van der Waals surface area contributed by atoms with Crippen molar-refractivity contribution in [2.75, 3.05) is 19.0 Å². The summed E-state index contributed by atoms with van der Waals surface area (Å²) in [7, 11) is 1.60. The van der Waals surface area contributed by atoms with Gasteiger partial charge in [0.1, 0.15) is 11.4 Å². The first-order chi connectivity index (χ1) is 17.1. The molecule has 0 aliphatic carbocycles. The molecule has 0 radical (unpaired) electrons. The van der Waals surface area contributed by atoms with Crippen molar-refractivity contribution < 1.29 is 23.5 Å². The molecule has 0 saturated heterocycles. The van der Waals surface area contributed by atoms with Gasteiger partial charge in [0.15, 0.2) is 17.5 Å². The molecule has 5 aromatic rings. The quantitative estimate of drug-likeness (QED) is 0.307. The van der Waals surface area contributed by atoms with E-state index in [-0.39, 0.29) is 0 Å². The summed E-state index contributed by atoms with van der Waals surface area (Å²) >= 11 is 1.28. The lowest BCUT2D eigenvalue weighted by molar-refractivity contribution is -0.119. The molecule has 2 aromatic carbocycles. The first-order valence-corrected chi connectivity index (χ1v) is 11.5. The van der Waals surface area contributed by atoms with Gasteiger partial charge in [-0.3, -0.25) is 10.1 Å². The molecule has 1 N–H and O–H groups in total. The normalized spacial score (nSPS) is 10.8. The van der Waals surface area contributed by atoms with E-state index in [1.54, 1.807) is 37.4 Å². The molecule has 0 spiro atoms. The van der Waals surface area contributed by atoms with Crippen LogP contribution in [0.25, 0.3) is 33.6 Å². The van der Waals surface area contributed by atoms with Crippen molar-refractivity contribution in [3.8, 4) is 28.5 Å². The van der Waals surface area contributed by atoms with Gasteiger partial charge < -0.3 is 13.9 Å². The van der Waals surface area contributed by atoms with Gasteiger partial charge in [0.2, 0.25) is 0 Å². The Kier molecular flexibility index (Phi) is 6.23. The van der Waals surface area contributed by atoms with Crippen molar-refractivity contribution in [1.82, 2.24) is 9.97 Å². The molecule has 3 aromatic heterocycles. The highest BCUT2D eigenvalue weighted by Crippen LogP contribution is 2.27. The molecular weight excluding hydrogens is 466 g/mol. The molecular formula is C26H19N3O5S. The number of para-hydroxylation sites is 1. The van der Waals surface area contributed by atoms with Gasteiger partial charge in [-0.15, -0.1) is 11.3 Å². The number of esters is 1. The number of ether oxygens (including phenoxy) is 2. The number of amides is 1. The number of hydrogen-bond acceptors (Lipinski definition) is 8. The predicted octanol–water partition coefficient (Wildman–Crippen LogP) is 5.42. The zero-order chi connectivity index (χ0) is 24.2. The van der Waals surface area contributed by atoms with Crippen LogP contribution in [-0.4, -0.2) is 35.6 Å². The summed E-state index contributed by atoms with van der Waals surface area (Å²) in [5, 5.41) is 5.54. The summed E-state index contributed by atoms with van der Waals surface area (Å²) in [6, 6.07) is 19.8. The molecule has 174 valence electrons. The summed E-state index contributed by atoms with van der Waals surface area (Å²) < 4.78 is 15.9. The number of aromatic nitrogens is 2. The molecule has 35 heavy (non-hydrogen) atoms. The highest BCUT2D eigenvalue weighted by molar-refractivity contribution is 7.14. The third-order valence-corrected chi connectivity index (χ3v) is 5.94. The Morgan fingerprint density at radius 3 is 2.60 bits per heavy atom. The van der Waals surface area contributed by atoms with Gasteiger partial charge in [0, 0.05) is 16.3 Å². The number of carbonyl (C=O) groups excluding carboxylic acids is 2. The largest absolute Gasteiger partial charge is 0.497 e. The van der Waals surface area contributed by atoms with E-state index in [1.807, 2.05) is 41.8 Å². The molecule has 0 fully saturated rings. The van der Waals surface area contributed by atoms with Crippen molar-refractivity contribution in [3.63, 3.8) is 0 Å². The molecule has 0 unspecified atom stereocenters. The van der Waals surface area contributed by atoms with Crippen LogP contribution in [0.2, 0.25) is 0 Å². The minimum Gasteiger partial charge on any atom is -0.497 e. The number of nitrogens with zero attached hydrogens (tertiary/aromatic N) is 2. The summed E-state index contributed by atoms with van der Waals surface area (Å²) in [6.45, 7) is -0.455. The van der Waals surface area contributed by atoms with Gasteiger partial charge in [-0.25, -0.2) is 14.8 Å². The number of thiazole rings is 1. The van der Waals surface area contributed by atoms with E-state index < -0.39 is 18.5 Å². The maximum Gasteiger partial charge on any atom is 0.339 e. The lowest BCUT2D eigenvalue weighted by Crippen LogP contribution is -2.21. The molecule has 9 heteroatoms. The first kappa shape index (κ1) is 22.3. The van der Waals surface area contributed by atoms with E-state index >= 15 is 0 Å². The Bertz CT molecular complexity index is 1490. The van der Waals surface area contributed by atoms with Gasteiger partial charge in [-0.05, 0) is 48.5 Å². The fourth-order valence-electron chi connectivity index (χ4n) is 3.48. The van der Waals surface area contributed by atoms with Crippen molar-refractivity contribution in [3.05, 3.63) is 83.9 Å². The SMILES string of the molecule is COc1ccc(-c2csc(NC(=O)COC(=O)c3cc(-c4ccco4)nc4ccccc34)n2)cc1. The number of carbonyl (C=O) groups is 2. The molecule has 0 aliphatic heterocycles. The summed E-state index contributed by atoms with van der Waals surface area (Å²) in [5.74, 6) is 0.153. The average Bonchev–Trinajstić information content (AvgIpc) is 3.59. The van der Waals surface area contributed by atoms with E-state index in [4.69, 9.17) is 13.9 Å². The number of pyridine rings is 1. The highest BCUT2D eigenvalue weighted by atomic mass is 32.1. The fourth-order valence-corrected chi connectivity index (χ4v) is 4.22. The van der Waals surface area contributed by atoms with Crippen LogP contribution in [0.1, 0.15) is 10.4 Å². The second kappa shape index (κ2) is 9.78. The Morgan fingerprint density at radius 1 is 1.00 bits per heavy atom. The molecule has 0 atom stereocenters. The number of nitrogens with one attached hydrogen (secondary N) is 1. The molecule has 0 bridgehead atoms. The molecule has 0 saturated carbocycles. The van der Waals surface area contributed by atoms with Crippen LogP contribution in [-0.2, 0) is 9.53 Å². The van der Waals surface area contributed by atoms with Crippen LogP contribution in [0.5, 0.6) is 5.75 Å². The lowest BCUT2D eigenvalue weighted by atomic mass is 10.1. The number of hydrogen-bond donors (Lipinski definition) is 1. The maximum atomic E-state index is 12.9. The zero-order valence-corrected chi connectivity index (χ0v) is 19.4. The predicted molar refractivity (Wildman–Crippen MR) is 132 cm³/mol. The topological polar surface area (TPSA) is 104 Å². The van der Waals surface area contributed by atoms with Crippen LogP contribution < -0.4 is 10.1 Å². The number of methoxy groups -OCH3 is 1. The fraction of sp³-hybridized carbons (Fsp3) is 0.0769. The molecule has 3 heterocycles. The van der Waals surface area contributed by atoms with Crippen LogP contribution in [0, 0.1) is 0 Å². The number of furan rings is 1. The van der Waals surface area contributed by atoms with Crippen molar-refractivity contribution in [2.24, 2.45) is 0 Å². The Balaban J connectivity index is 1.27. The number of rotatable bonds is 7. The van der Waals surface area contributed by atoms with Crippen LogP contribution >= 0.6 is 11.3 Å². The number of fused-ring (bicyclic) bond motifs is 1. The Hall–Kier alpha value is -4.50. The average molecular weight is 486 g/mol. The second-order valence-electron chi connectivity index (χ2n) is 7.44. The van der Waals surface area contributed by atoms with Gasteiger partial charge in [-0.1, -0.05) is 18.2 Å². The smallest absolute Gasteiger partial charge is 0.339 e. The number of anilines is 1. The molecule has 8 nitrogen and oxygen atoms in total. The monoisotopic (exact) mass is 485 g/mol.